The standard InChI is InChI=1S/C16H26FN3O.HI/c1-3-5-6-7-10-19-16(18)20-12-13-8-9-15(21-4-2)14(17)11-13;/h8-9,11H,3-7,10,12H2,1-2H3,(H3,18,19,20);1H. The lowest BCUT2D eigenvalue weighted by Crippen LogP contribution is -2.32. The molecule has 0 saturated heterocycles. The molecule has 0 aliphatic rings. The largest absolute Gasteiger partial charge is 0.491 e. The molecule has 22 heavy (non-hydrogen) atoms. The Labute approximate surface area is 149 Å². The van der Waals surface area contributed by atoms with Crippen molar-refractivity contribution in [2.45, 2.75) is 46.1 Å². The number of halogens is 2. The minimum absolute atomic E-state index is 0. The monoisotopic (exact) mass is 423 g/mol. The van der Waals surface area contributed by atoms with Crippen molar-refractivity contribution in [3.05, 3.63) is 29.6 Å². The lowest BCUT2D eigenvalue weighted by molar-refractivity contribution is 0.321. The number of aliphatic imine (C=N–C) groups is 1. The maximum atomic E-state index is 13.7. The Morgan fingerprint density at radius 2 is 2.05 bits per heavy atom. The van der Waals surface area contributed by atoms with Crippen LogP contribution in [0.25, 0.3) is 0 Å². The van der Waals surface area contributed by atoms with Gasteiger partial charge < -0.3 is 15.8 Å². The molecule has 0 amide bonds. The smallest absolute Gasteiger partial charge is 0.188 e. The fraction of sp³-hybridized carbons (Fsp3) is 0.562. The Balaban J connectivity index is 0.00000441. The van der Waals surface area contributed by atoms with Gasteiger partial charge in [-0.25, -0.2) is 9.38 Å². The van der Waals surface area contributed by atoms with Crippen molar-refractivity contribution in [1.82, 2.24) is 5.32 Å². The van der Waals surface area contributed by atoms with Crippen LogP contribution in [0.5, 0.6) is 5.75 Å². The predicted octanol–water partition coefficient (Wildman–Crippen LogP) is 3.83. The minimum atomic E-state index is -0.365. The Morgan fingerprint density at radius 3 is 2.68 bits per heavy atom. The van der Waals surface area contributed by atoms with Crippen LogP contribution in [-0.4, -0.2) is 19.1 Å². The molecule has 1 aromatic carbocycles. The minimum Gasteiger partial charge on any atom is -0.491 e. The van der Waals surface area contributed by atoms with Crippen LogP contribution in [-0.2, 0) is 6.54 Å². The van der Waals surface area contributed by atoms with E-state index < -0.39 is 0 Å². The molecule has 0 saturated carbocycles. The van der Waals surface area contributed by atoms with Gasteiger partial charge in [-0.1, -0.05) is 32.3 Å². The SMILES string of the molecule is CCCCCCNC(N)=NCc1ccc(OCC)c(F)c1.I. The number of hydrogen-bond donors (Lipinski definition) is 2. The highest BCUT2D eigenvalue weighted by atomic mass is 127. The van der Waals surface area contributed by atoms with E-state index >= 15 is 0 Å². The number of hydrogen-bond acceptors (Lipinski definition) is 2. The first-order chi connectivity index (χ1) is 10.2. The van der Waals surface area contributed by atoms with Gasteiger partial charge >= 0.3 is 0 Å². The molecule has 6 heteroatoms. The first kappa shape index (κ1) is 20.9. The molecule has 3 N–H and O–H groups in total. The third-order valence-electron chi connectivity index (χ3n) is 3.06. The molecule has 0 aromatic heterocycles. The number of benzene rings is 1. The van der Waals surface area contributed by atoms with Crippen LogP contribution in [0.3, 0.4) is 0 Å². The maximum absolute atomic E-state index is 13.7. The molecule has 0 radical (unpaired) electrons. The third kappa shape index (κ3) is 8.41. The highest BCUT2D eigenvalue weighted by Gasteiger charge is 2.03. The molecule has 0 spiro atoms. The van der Waals surface area contributed by atoms with Crippen molar-refractivity contribution >= 4 is 29.9 Å². The summed E-state index contributed by atoms with van der Waals surface area (Å²) in [7, 11) is 0. The quantitative estimate of drug-likeness (QED) is 0.275. The van der Waals surface area contributed by atoms with Crippen LogP contribution >= 0.6 is 24.0 Å². The summed E-state index contributed by atoms with van der Waals surface area (Å²) < 4.78 is 18.8. The Hall–Kier alpha value is -1.05. The summed E-state index contributed by atoms with van der Waals surface area (Å²) in [6.45, 7) is 5.64. The lowest BCUT2D eigenvalue weighted by atomic mass is 10.2. The zero-order valence-electron chi connectivity index (χ0n) is 13.4. The summed E-state index contributed by atoms with van der Waals surface area (Å²) in [5.41, 5.74) is 6.54. The summed E-state index contributed by atoms with van der Waals surface area (Å²) in [5.74, 6) is 0.309. The summed E-state index contributed by atoms with van der Waals surface area (Å²) >= 11 is 0. The number of nitrogens with two attached hydrogens (primary N) is 1. The van der Waals surface area contributed by atoms with E-state index in [0.29, 0.717) is 19.1 Å². The fourth-order valence-electron chi connectivity index (χ4n) is 1.92. The molecular weight excluding hydrogens is 396 g/mol. The highest BCUT2D eigenvalue weighted by molar-refractivity contribution is 14.0. The third-order valence-corrected chi connectivity index (χ3v) is 3.06. The zero-order valence-corrected chi connectivity index (χ0v) is 15.7. The number of guanidine groups is 1. The Kier molecular flexibility index (Phi) is 11.9. The average Bonchev–Trinajstić information content (AvgIpc) is 2.47. The first-order valence-corrected chi connectivity index (χ1v) is 7.62. The second kappa shape index (κ2) is 12.5. The van der Waals surface area contributed by atoms with E-state index in [1.54, 1.807) is 12.1 Å². The fourth-order valence-corrected chi connectivity index (χ4v) is 1.92. The van der Waals surface area contributed by atoms with Crippen molar-refractivity contribution in [2.75, 3.05) is 13.2 Å². The summed E-state index contributed by atoms with van der Waals surface area (Å²) in [6.07, 6.45) is 4.74. The molecule has 0 atom stereocenters. The number of rotatable bonds is 9. The van der Waals surface area contributed by atoms with Gasteiger partial charge in [0.1, 0.15) is 0 Å². The van der Waals surface area contributed by atoms with E-state index in [4.69, 9.17) is 10.5 Å². The number of unbranched alkanes of at least 4 members (excludes halogenated alkanes) is 3. The van der Waals surface area contributed by atoms with Gasteiger partial charge in [0.2, 0.25) is 0 Å². The van der Waals surface area contributed by atoms with Crippen LogP contribution in [0.1, 0.15) is 45.1 Å². The van der Waals surface area contributed by atoms with Gasteiger partial charge in [0.05, 0.1) is 13.2 Å². The van der Waals surface area contributed by atoms with Gasteiger partial charge in [-0.2, -0.15) is 0 Å². The van der Waals surface area contributed by atoms with Crippen molar-refractivity contribution < 1.29 is 9.13 Å². The van der Waals surface area contributed by atoms with Crippen molar-refractivity contribution in [3.63, 3.8) is 0 Å². The molecule has 0 unspecified atom stereocenters. The predicted molar refractivity (Wildman–Crippen MR) is 100 cm³/mol. The van der Waals surface area contributed by atoms with E-state index in [9.17, 15) is 4.39 Å². The zero-order chi connectivity index (χ0) is 15.5. The molecule has 126 valence electrons. The molecule has 0 aliphatic carbocycles. The van der Waals surface area contributed by atoms with Crippen LogP contribution < -0.4 is 15.8 Å². The molecule has 0 aliphatic heterocycles. The van der Waals surface area contributed by atoms with Crippen molar-refractivity contribution in [3.8, 4) is 5.75 Å². The number of ether oxygens (including phenoxy) is 1. The Morgan fingerprint density at radius 1 is 1.27 bits per heavy atom. The van der Waals surface area contributed by atoms with E-state index in [1.165, 1.54) is 25.3 Å². The Bertz CT molecular complexity index is 455. The molecule has 1 aromatic rings. The van der Waals surface area contributed by atoms with E-state index in [-0.39, 0.29) is 35.5 Å². The van der Waals surface area contributed by atoms with E-state index in [1.807, 2.05) is 6.92 Å². The van der Waals surface area contributed by atoms with Gasteiger partial charge in [-0.3, -0.25) is 0 Å². The van der Waals surface area contributed by atoms with Gasteiger partial charge in [-0.15, -0.1) is 24.0 Å². The molecule has 0 fully saturated rings. The summed E-state index contributed by atoms with van der Waals surface area (Å²) in [6, 6.07) is 4.85. The highest BCUT2D eigenvalue weighted by Crippen LogP contribution is 2.18. The number of nitrogens with one attached hydrogen (secondary N) is 1. The first-order valence-electron chi connectivity index (χ1n) is 7.62. The summed E-state index contributed by atoms with van der Waals surface area (Å²) in [4.78, 5) is 4.20. The van der Waals surface area contributed by atoms with E-state index in [0.717, 1.165) is 18.5 Å². The van der Waals surface area contributed by atoms with Crippen molar-refractivity contribution in [1.29, 1.82) is 0 Å². The average molecular weight is 423 g/mol. The second-order valence-electron chi connectivity index (χ2n) is 4.89. The van der Waals surface area contributed by atoms with Crippen LogP contribution in [0, 0.1) is 5.82 Å². The maximum Gasteiger partial charge on any atom is 0.188 e. The number of nitrogens with zero attached hydrogens (tertiary/aromatic N) is 1. The second-order valence-corrected chi connectivity index (χ2v) is 4.89. The molecule has 0 heterocycles. The van der Waals surface area contributed by atoms with Gasteiger partial charge in [-0.05, 0) is 31.0 Å². The van der Waals surface area contributed by atoms with E-state index in [2.05, 4.69) is 17.2 Å². The van der Waals surface area contributed by atoms with Crippen LogP contribution in [0.4, 0.5) is 4.39 Å². The van der Waals surface area contributed by atoms with Gasteiger partial charge in [0.15, 0.2) is 17.5 Å². The summed E-state index contributed by atoms with van der Waals surface area (Å²) in [5, 5.41) is 3.07. The van der Waals surface area contributed by atoms with Crippen LogP contribution in [0.2, 0.25) is 0 Å². The topological polar surface area (TPSA) is 59.6 Å². The normalized spacial score (nSPS) is 11.0. The van der Waals surface area contributed by atoms with Crippen LogP contribution in [0.15, 0.2) is 23.2 Å². The van der Waals surface area contributed by atoms with Crippen molar-refractivity contribution in [2.24, 2.45) is 10.7 Å². The van der Waals surface area contributed by atoms with Gasteiger partial charge in [0, 0.05) is 6.54 Å². The molecular formula is C16H27FIN3O. The molecule has 4 nitrogen and oxygen atoms in total. The van der Waals surface area contributed by atoms with Gasteiger partial charge in [0.25, 0.3) is 0 Å². The molecule has 0 bridgehead atoms. The lowest BCUT2D eigenvalue weighted by Gasteiger charge is -2.07. The molecule has 1 rings (SSSR count).